The summed E-state index contributed by atoms with van der Waals surface area (Å²) in [5, 5.41) is 11.0. The summed E-state index contributed by atoms with van der Waals surface area (Å²) in [6.45, 7) is 2.97. The fraction of sp³-hybridized carbons (Fsp3) is 0.360. The van der Waals surface area contributed by atoms with Gasteiger partial charge >= 0.3 is 6.03 Å². The van der Waals surface area contributed by atoms with Crippen LogP contribution in [0.1, 0.15) is 59.0 Å². The van der Waals surface area contributed by atoms with Crippen molar-refractivity contribution in [2.45, 2.75) is 45.1 Å². The first-order chi connectivity index (χ1) is 17.4. The van der Waals surface area contributed by atoms with E-state index >= 15 is 0 Å². The van der Waals surface area contributed by atoms with E-state index in [4.69, 9.17) is 0 Å². The van der Waals surface area contributed by atoms with Crippen LogP contribution in [0.25, 0.3) is 0 Å². The fourth-order valence-electron chi connectivity index (χ4n) is 4.26. The number of nitrogens with one attached hydrogen (secondary N) is 4. The van der Waals surface area contributed by atoms with Crippen LogP contribution in [0, 0.1) is 0 Å². The number of carbonyl (C=O) groups excluding carboxylic acids is 5. The summed E-state index contributed by atoms with van der Waals surface area (Å²) in [6, 6.07) is 7.21. The van der Waals surface area contributed by atoms with Crippen LogP contribution in [-0.2, 0) is 16.0 Å². The number of hydrogen-bond donors (Lipinski definition) is 4. The van der Waals surface area contributed by atoms with Gasteiger partial charge in [-0.2, -0.15) is 0 Å². The molecule has 0 spiro atoms. The van der Waals surface area contributed by atoms with Crippen molar-refractivity contribution in [3.63, 3.8) is 0 Å². The van der Waals surface area contributed by atoms with Gasteiger partial charge in [-0.05, 0) is 49.9 Å². The number of rotatable bonds is 9. The van der Waals surface area contributed by atoms with Gasteiger partial charge < -0.3 is 16.0 Å². The van der Waals surface area contributed by atoms with Crippen molar-refractivity contribution >= 4 is 41.0 Å². The Labute approximate surface area is 208 Å². The van der Waals surface area contributed by atoms with Crippen LogP contribution in [-0.4, -0.2) is 58.7 Å². The number of nitrogens with zero attached hydrogens (tertiary/aromatic N) is 2. The molecule has 1 atom stereocenters. The summed E-state index contributed by atoms with van der Waals surface area (Å²) in [6.07, 6.45) is 4.02. The van der Waals surface area contributed by atoms with Crippen molar-refractivity contribution in [3.05, 3.63) is 53.3 Å². The predicted octanol–water partition coefficient (Wildman–Crippen LogP) is 2.06. The monoisotopic (exact) mass is 492 g/mol. The van der Waals surface area contributed by atoms with Crippen molar-refractivity contribution in [2.75, 3.05) is 23.7 Å². The summed E-state index contributed by atoms with van der Waals surface area (Å²) in [7, 11) is 0. The van der Waals surface area contributed by atoms with E-state index in [2.05, 4.69) is 26.3 Å². The first kappa shape index (κ1) is 24.8. The number of pyridine rings is 1. The Balaban J connectivity index is 1.26. The van der Waals surface area contributed by atoms with Crippen LogP contribution in [0.4, 0.5) is 16.2 Å². The molecule has 2 aliphatic rings. The molecule has 2 aliphatic heterocycles. The molecule has 36 heavy (non-hydrogen) atoms. The van der Waals surface area contributed by atoms with Gasteiger partial charge in [0.25, 0.3) is 11.8 Å². The highest BCUT2D eigenvalue weighted by Gasteiger charge is 2.45. The predicted molar refractivity (Wildman–Crippen MR) is 131 cm³/mol. The van der Waals surface area contributed by atoms with Gasteiger partial charge in [-0.3, -0.25) is 34.4 Å². The molecule has 0 radical (unpaired) electrons. The Kier molecular flexibility index (Phi) is 7.57. The van der Waals surface area contributed by atoms with Gasteiger partial charge in [0, 0.05) is 42.8 Å². The molecule has 1 saturated heterocycles. The molecule has 4 N–H and O–H groups in total. The van der Waals surface area contributed by atoms with Gasteiger partial charge in [-0.25, -0.2) is 4.79 Å². The Bertz CT molecular complexity index is 1210. The van der Waals surface area contributed by atoms with Crippen LogP contribution in [0.5, 0.6) is 0 Å². The first-order valence-electron chi connectivity index (χ1n) is 12.0. The van der Waals surface area contributed by atoms with Gasteiger partial charge in [0.05, 0.1) is 11.1 Å². The van der Waals surface area contributed by atoms with E-state index in [1.807, 2.05) is 13.0 Å². The summed E-state index contributed by atoms with van der Waals surface area (Å²) in [4.78, 5) is 66.9. The van der Waals surface area contributed by atoms with Gasteiger partial charge in [0.1, 0.15) is 6.04 Å². The lowest BCUT2D eigenvalue weighted by Crippen LogP contribution is -2.54. The summed E-state index contributed by atoms with van der Waals surface area (Å²) >= 11 is 0. The average Bonchev–Trinajstić information content (AvgIpc) is 3.12. The molecular formula is C25H28N6O5. The number of amides is 6. The standard InChI is InChI=1S/C25H28N6O5/c1-2-15-14-16(10-13-26-15)29-25(36)28-12-4-3-11-27-18-7-5-6-17-21(18)24(35)31(23(17)34)19-8-9-20(32)30-22(19)33/h5-7,10,13-14,19,27H,2-4,8-9,11-12H2,1H3,(H,30,32,33)(H2,26,28,29,36). The van der Waals surface area contributed by atoms with E-state index in [9.17, 15) is 24.0 Å². The molecule has 11 nitrogen and oxygen atoms in total. The second-order valence-corrected chi connectivity index (χ2v) is 8.58. The lowest BCUT2D eigenvalue weighted by Gasteiger charge is -2.27. The van der Waals surface area contributed by atoms with E-state index in [-0.39, 0.29) is 30.0 Å². The highest BCUT2D eigenvalue weighted by atomic mass is 16.2. The minimum atomic E-state index is -0.999. The molecule has 2 aromatic rings. The molecule has 0 saturated carbocycles. The third-order valence-corrected chi connectivity index (χ3v) is 6.11. The zero-order valence-corrected chi connectivity index (χ0v) is 19.9. The first-order valence-corrected chi connectivity index (χ1v) is 12.0. The van der Waals surface area contributed by atoms with E-state index in [1.165, 1.54) is 0 Å². The van der Waals surface area contributed by atoms with Crippen LogP contribution < -0.4 is 21.3 Å². The van der Waals surface area contributed by atoms with Crippen LogP contribution in [0.2, 0.25) is 0 Å². The van der Waals surface area contributed by atoms with Crippen molar-refractivity contribution in [1.29, 1.82) is 0 Å². The lowest BCUT2D eigenvalue weighted by atomic mass is 10.0. The Morgan fingerprint density at radius 2 is 1.92 bits per heavy atom. The van der Waals surface area contributed by atoms with Gasteiger partial charge in [0.15, 0.2) is 0 Å². The second-order valence-electron chi connectivity index (χ2n) is 8.58. The molecule has 1 unspecified atom stereocenters. The summed E-state index contributed by atoms with van der Waals surface area (Å²) < 4.78 is 0. The molecule has 6 amide bonds. The smallest absolute Gasteiger partial charge is 0.319 e. The maximum atomic E-state index is 13.1. The molecule has 1 aromatic heterocycles. The van der Waals surface area contributed by atoms with E-state index in [1.54, 1.807) is 30.5 Å². The summed E-state index contributed by atoms with van der Waals surface area (Å²) in [5.74, 6) is -2.14. The average molecular weight is 493 g/mol. The number of unbranched alkanes of at least 4 members (excludes halogenated alkanes) is 1. The minimum absolute atomic E-state index is 0.0727. The van der Waals surface area contributed by atoms with Crippen molar-refractivity contribution in [3.8, 4) is 0 Å². The Morgan fingerprint density at radius 3 is 2.69 bits per heavy atom. The van der Waals surface area contributed by atoms with E-state index in [0.717, 1.165) is 17.0 Å². The number of imide groups is 2. The maximum absolute atomic E-state index is 13.1. The second kappa shape index (κ2) is 11.0. The Morgan fingerprint density at radius 1 is 1.11 bits per heavy atom. The molecular weight excluding hydrogens is 464 g/mol. The molecule has 0 aliphatic carbocycles. The number of aromatic nitrogens is 1. The van der Waals surface area contributed by atoms with E-state index in [0.29, 0.717) is 37.3 Å². The number of piperidine rings is 1. The quantitative estimate of drug-likeness (QED) is 0.309. The molecule has 1 fully saturated rings. The zero-order chi connectivity index (χ0) is 25.7. The van der Waals surface area contributed by atoms with Gasteiger partial charge in [0.2, 0.25) is 11.8 Å². The number of hydrogen-bond acceptors (Lipinski definition) is 7. The SMILES string of the molecule is CCc1cc(NC(=O)NCCCCNc2cccc3c2C(=O)N(C2CCC(=O)NC2=O)C3=O)ccn1. The normalized spacial score (nSPS) is 17.0. The van der Waals surface area contributed by atoms with Crippen molar-refractivity contribution < 1.29 is 24.0 Å². The molecule has 188 valence electrons. The lowest BCUT2D eigenvalue weighted by molar-refractivity contribution is -0.136. The largest absolute Gasteiger partial charge is 0.384 e. The number of fused-ring (bicyclic) bond motifs is 1. The Hall–Kier alpha value is -4.28. The number of carbonyl (C=O) groups is 5. The van der Waals surface area contributed by atoms with Crippen LogP contribution in [0.15, 0.2) is 36.5 Å². The van der Waals surface area contributed by atoms with Crippen LogP contribution >= 0.6 is 0 Å². The number of urea groups is 1. The zero-order valence-electron chi connectivity index (χ0n) is 19.9. The highest BCUT2D eigenvalue weighted by Crippen LogP contribution is 2.32. The fourth-order valence-corrected chi connectivity index (χ4v) is 4.26. The molecule has 4 rings (SSSR count). The molecule has 1 aromatic carbocycles. The van der Waals surface area contributed by atoms with Gasteiger partial charge in [-0.15, -0.1) is 0 Å². The minimum Gasteiger partial charge on any atom is -0.384 e. The number of benzene rings is 1. The molecule has 11 heteroatoms. The third-order valence-electron chi connectivity index (χ3n) is 6.11. The maximum Gasteiger partial charge on any atom is 0.319 e. The molecule has 3 heterocycles. The van der Waals surface area contributed by atoms with E-state index < -0.39 is 29.7 Å². The van der Waals surface area contributed by atoms with Crippen LogP contribution in [0.3, 0.4) is 0 Å². The number of aryl methyl sites for hydroxylation is 1. The number of anilines is 2. The topological polar surface area (TPSA) is 150 Å². The van der Waals surface area contributed by atoms with Gasteiger partial charge in [-0.1, -0.05) is 13.0 Å². The molecule has 0 bridgehead atoms. The van der Waals surface area contributed by atoms with Crippen molar-refractivity contribution in [1.82, 2.24) is 20.5 Å². The highest BCUT2D eigenvalue weighted by molar-refractivity contribution is 6.25. The summed E-state index contributed by atoms with van der Waals surface area (Å²) in [5.41, 5.74) is 2.55. The third kappa shape index (κ3) is 5.35. The van der Waals surface area contributed by atoms with Crippen molar-refractivity contribution in [2.24, 2.45) is 0 Å².